The maximum Gasteiger partial charge on any atom is 0.322 e. The number of anilines is 1. The summed E-state index contributed by atoms with van der Waals surface area (Å²) >= 11 is 6.06. The lowest BCUT2D eigenvalue weighted by molar-refractivity contribution is 0.219. The molecule has 0 aliphatic carbocycles. The minimum Gasteiger partial charge on any atom is -0.497 e. The molecule has 2 aromatic rings. The van der Waals surface area contributed by atoms with Gasteiger partial charge in [-0.05, 0) is 12.1 Å². The van der Waals surface area contributed by atoms with Crippen LogP contribution >= 0.6 is 11.6 Å². The van der Waals surface area contributed by atoms with Crippen molar-refractivity contribution >= 4 is 23.3 Å². The molecule has 0 aliphatic rings. The van der Waals surface area contributed by atoms with Gasteiger partial charge in [0.05, 0.1) is 24.4 Å². The van der Waals surface area contributed by atoms with Crippen molar-refractivity contribution in [2.45, 2.75) is 6.54 Å². The van der Waals surface area contributed by atoms with E-state index in [9.17, 15) is 4.79 Å². The highest BCUT2D eigenvalue weighted by Gasteiger charge is 2.12. The number of urea groups is 1. The van der Waals surface area contributed by atoms with Crippen LogP contribution in [0.2, 0.25) is 5.02 Å². The van der Waals surface area contributed by atoms with Crippen LogP contribution in [-0.4, -0.2) is 40.3 Å². The zero-order valence-corrected chi connectivity index (χ0v) is 11.8. The van der Waals surface area contributed by atoms with E-state index in [2.05, 4.69) is 20.5 Å². The molecule has 0 unspecified atom stereocenters. The molecular formula is C12H14ClN5O2. The maximum absolute atomic E-state index is 12.0. The van der Waals surface area contributed by atoms with E-state index in [1.807, 2.05) is 0 Å². The van der Waals surface area contributed by atoms with Crippen molar-refractivity contribution < 1.29 is 9.53 Å². The van der Waals surface area contributed by atoms with Gasteiger partial charge in [0.25, 0.3) is 0 Å². The molecule has 2 rings (SSSR count). The van der Waals surface area contributed by atoms with E-state index >= 15 is 0 Å². The lowest BCUT2D eigenvalue weighted by Gasteiger charge is -2.17. The van der Waals surface area contributed by atoms with Crippen molar-refractivity contribution in [3.63, 3.8) is 0 Å². The fourth-order valence-electron chi connectivity index (χ4n) is 1.54. The zero-order valence-electron chi connectivity index (χ0n) is 11.1. The smallest absolute Gasteiger partial charge is 0.322 e. The van der Waals surface area contributed by atoms with Crippen LogP contribution in [0.5, 0.6) is 5.75 Å². The van der Waals surface area contributed by atoms with Gasteiger partial charge in [-0.1, -0.05) is 11.6 Å². The van der Waals surface area contributed by atoms with Crippen LogP contribution < -0.4 is 10.1 Å². The van der Waals surface area contributed by atoms with Gasteiger partial charge in [-0.25, -0.2) is 9.78 Å². The molecule has 0 saturated carbocycles. The molecule has 8 heteroatoms. The fourth-order valence-corrected chi connectivity index (χ4v) is 1.76. The number of carbonyl (C=O) groups excluding carboxylic acids is 1. The number of nitrogens with zero attached hydrogens (tertiary/aromatic N) is 3. The van der Waals surface area contributed by atoms with Gasteiger partial charge in [0, 0.05) is 13.1 Å². The number of hydrogen-bond acceptors (Lipinski definition) is 4. The van der Waals surface area contributed by atoms with Crippen LogP contribution in [0.15, 0.2) is 24.5 Å². The third kappa shape index (κ3) is 3.39. The van der Waals surface area contributed by atoms with Gasteiger partial charge in [-0.2, -0.15) is 5.10 Å². The van der Waals surface area contributed by atoms with E-state index < -0.39 is 0 Å². The Hall–Kier alpha value is -2.28. The Labute approximate surface area is 120 Å². The van der Waals surface area contributed by atoms with Gasteiger partial charge >= 0.3 is 6.03 Å². The first-order chi connectivity index (χ1) is 9.60. The summed E-state index contributed by atoms with van der Waals surface area (Å²) in [4.78, 5) is 17.4. The second-order valence-corrected chi connectivity index (χ2v) is 4.47. The van der Waals surface area contributed by atoms with Crippen molar-refractivity contribution in [2.75, 3.05) is 19.5 Å². The number of aromatic nitrogens is 3. The van der Waals surface area contributed by atoms with E-state index in [-0.39, 0.29) is 6.03 Å². The molecule has 0 radical (unpaired) electrons. The van der Waals surface area contributed by atoms with Crippen molar-refractivity contribution in [3.8, 4) is 5.75 Å². The summed E-state index contributed by atoms with van der Waals surface area (Å²) < 4.78 is 5.05. The molecule has 0 saturated heterocycles. The predicted octanol–water partition coefficient (Wildman–Crippen LogP) is 2.13. The lowest BCUT2D eigenvalue weighted by Crippen LogP contribution is -2.31. The second kappa shape index (κ2) is 6.25. The van der Waals surface area contributed by atoms with E-state index in [1.165, 1.54) is 11.2 Å². The average Bonchev–Trinajstić information content (AvgIpc) is 2.93. The Morgan fingerprint density at radius 3 is 2.95 bits per heavy atom. The largest absolute Gasteiger partial charge is 0.497 e. The van der Waals surface area contributed by atoms with Crippen LogP contribution in [0, 0.1) is 0 Å². The first kappa shape index (κ1) is 14.1. The molecule has 106 valence electrons. The SMILES string of the molecule is COc1ccc(NC(=O)N(C)Cc2ncn[nH]2)c(Cl)c1. The maximum atomic E-state index is 12.0. The third-order valence-electron chi connectivity index (χ3n) is 2.62. The van der Waals surface area contributed by atoms with E-state index in [4.69, 9.17) is 16.3 Å². The highest BCUT2D eigenvalue weighted by molar-refractivity contribution is 6.33. The summed E-state index contributed by atoms with van der Waals surface area (Å²) in [6.45, 7) is 0.319. The van der Waals surface area contributed by atoms with Gasteiger partial charge in [0.2, 0.25) is 0 Å². The number of ether oxygens (including phenoxy) is 1. The third-order valence-corrected chi connectivity index (χ3v) is 2.93. The molecule has 0 bridgehead atoms. The van der Waals surface area contributed by atoms with Gasteiger partial charge in [-0.15, -0.1) is 0 Å². The number of rotatable bonds is 4. The molecule has 2 amide bonds. The van der Waals surface area contributed by atoms with Gasteiger partial charge < -0.3 is 15.0 Å². The molecule has 0 aliphatic heterocycles. The average molecular weight is 296 g/mol. The summed E-state index contributed by atoms with van der Waals surface area (Å²) in [6.07, 6.45) is 1.39. The minimum absolute atomic E-state index is 0.298. The topological polar surface area (TPSA) is 83.1 Å². The Kier molecular flexibility index (Phi) is 4.41. The number of H-pyrrole nitrogens is 1. The van der Waals surface area contributed by atoms with Crippen LogP contribution in [0.3, 0.4) is 0 Å². The number of nitrogens with one attached hydrogen (secondary N) is 2. The second-order valence-electron chi connectivity index (χ2n) is 4.06. The quantitative estimate of drug-likeness (QED) is 0.905. The number of carbonyl (C=O) groups is 1. The summed E-state index contributed by atoms with van der Waals surface area (Å²) in [5.41, 5.74) is 0.516. The molecule has 7 nitrogen and oxygen atoms in total. The summed E-state index contributed by atoms with van der Waals surface area (Å²) in [5.74, 6) is 1.23. The van der Waals surface area contributed by atoms with Crippen molar-refractivity contribution in [3.05, 3.63) is 35.4 Å². The number of halogens is 1. The van der Waals surface area contributed by atoms with E-state index in [0.717, 1.165) is 0 Å². The molecule has 1 aromatic heterocycles. The Balaban J connectivity index is 2.00. The lowest BCUT2D eigenvalue weighted by atomic mass is 10.3. The van der Waals surface area contributed by atoms with Crippen molar-refractivity contribution in [1.29, 1.82) is 0 Å². The van der Waals surface area contributed by atoms with Gasteiger partial charge in [0.15, 0.2) is 0 Å². The molecular weight excluding hydrogens is 282 g/mol. The van der Waals surface area contributed by atoms with Gasteiger partial charge in [0.1, 0.15) is 17.9 Å². The van der Waals surface area contributed by atoms with Crippen LogP contribution in [0.25, 0.3) is 0 Å². The molecule has 20 heavy (non-hydrogen) atoms. The standard InChI is InChI=1S/C12H14ClN5O2/c1-18(6-11-14-7-15-17-11)12(19)16-10-4-3-8(20-2)5-9(10)13/h3-5,7H,6H2,1-2H3,(H,16,19)(H,14,15,17). The highest BCUT2D eigenvalue weighted by Crippen LogP contribution is 2.26. The molecule has 1 aromatic carbocycles. The molecule has 1 heterocycles. The molecule has 0 atom stereocenters. The predicted molar refractivity (Wildman–Crippen MR) is 74.9 cm³/mol. The summed E-state index contributed by atoms with van der Waals surface area (Å²) in [6, 6.07) is 4.74. The van der Waals surface area contributed by atoms with Crippen LogP contribution in [0.1, 0.15) is 5.82 Å². The van der Waals surface area contributed by atoms with E-state index in [0.29, 0.717) is 28.8 Å². The van der Waals surface area contributed by atoms with Crippen molar-refractivity contribution in [2.24, 2.45) is 0 Å². The van der Waals surface area contributed by atoms with Crippen LogP contribution in [-0.2, 0) is 6.54 Å². The van der Waals surface area contributed by atoms with Crippen molar-refractivity contribution in [1.82, 2.24) is 20.1 Å². The summed E-state index contributed by atoms with van der Waals surface area (Å²) in [7, 11) is 3.20. The van der Waals surface area contributed by atoms with E-state index in [1.54, 1.807) is 32.4 Å². The monoisotopic (exact) mass is 295 g/mol. The number of benzene rings is 1. The first-order valence-electron chi connectivity index (χ1n) is 5.80. The normalized spacial score (nSPS) is 10.2. The number of methoxy groups -OCH3 is 1. The van der Waals surface area contributed by atoms with Crippen LogP contribution in [0.4, 0.5) is 10.5 Å². The first-order valence-corrected chi connectivity index (χ1v) is 6.18. The molecule has 2 N–H and O–H groups in total. The Morgan fingerprint density at radius 1 is 1.55 bits per heavy atom. The molecule has 0 fully saturated rings. The Morgan fingerprint density at radius 2 is 2.35 bits per heavy atom. The zero-order chi connectivity index (χ0) is 14.5. The minimum atomic E-state index is -0.298. The van der Waals surface area contributed by atoms with Gasteiger partial charge in [-0.3, -0.25) is 5.10 Å². The Bertz CT molecular complexity index is 588. The number of amides is 2. The summed E-state index contributed by atoms with van der Waals surface area (Å²) in [5, 5.41) is 9.53. The number of hydrogen-bond donors (Lipinski definition) is 2. The fraction of sp³-hybridized carbons (Fsp3) is 0.250. The highest BCUT2D eigenvalue weighted by atomic mass is 35.5. The number of aromatic amines is 1. The molecule has 0 spiro atoms.